The van der Waals surface area contributed by atoms with Crippen molar-refractivity contribution < 1.29 is 24.4 Å². The number of hydrogen-bond donors (Lipinski definition) is 3. The van der Waals surface area contributed by atoms with Crippen molar-refractivity contribution in [3.63, 3.8) is 0 Å². The molecule has 2 atom stereocenters. The molecule has 0 saturated heterocycles. The molecule has 1 aliphatic carbocycles. The van der Waals surface area contributed by atoms with Crippen molar-refractivity contribution in [3.05, 3.63) is 0 Å². The van der Waals surface area contributed by atoms with Crippen molar-refractivity contribution in [2.24, 2.45) is 0 Å². The second-order valence-electron chi connectivity index (χ2n) is 3.20. The SMILES string of the molecule is O=CN(O)[C@@H]1CC[C@H](P(=O)(O)O)C1. The van der Waals surface area contributed by atoms with Gasteiger partial charge in [-0.05, 0) is 19.3 Å². The molecule has 1 saturated carbocycles. The summed E-state index contributed by atoms with van der Waals surface area (Å²) in [4.78, 5) is 27.8. The summed E-state index contributed by atoms with van der Waals surface area (Å²) < 4.78 is 10.8. The van der Waals surface area contributed by atoms with E-state index in [9.17, 15) is 9.36 Å². The van der Waals surface area contributed by atoms with Gasteiger partial charge in [0.1, 0.15) is 0 Å². The first kappa shape index (κ1) is 10.7. The molecule has 0 spiro atoms. The molecule has 0 aromatic rings. The first-order valence-electron chi connectivity index (χ1n) is 3.93. The summed E-state index contributed by atoms with van der Waals surface area (Å²) in [6, 6.07) is -0.449. The smallest absolute Gasteiger partial charge is 0.324 e. The van der Waals surface area contributed by atoms with Gasteiger partial charge in [-0.2, -0.15) is 0 Å². The fourth-order valence-corrected chi connectivity index (χ4v) is 2.57. The highest BCUT2D eigenvalue weighted by atomic mass is 31.2. The van der Waals surface area contributed by atoms with E-state index in [0.29, 0.717) is 17.9 Å². The monoisotopic (exact) mass is 209 g/mol. The molecule has 0 bridgehead atoms. The Morgan fingerprint density at radius 2 is 2.00 bits per heavy atom. The van der Waals surface area contributed by atoms with Crippen LogP contribution in [0.4, 0.5) is 0 Å². The van der Waals surface area contributed by atoms with E-state index in [0.717, 1.165) is 0 Å². The van der Waals surface area contributed by atoms with E-state index in [-0.39, 0.29) is 12.8 Å². The van der Waals surface area contributed by atoms with Gasteiger partial charge < -0.3 is 9.79 Å². The molecule has 1 fully saturated rings. The summed E-state index contributed by atoms with van der Waals surface area (Å²) in [7, 11) is -4.05. The zero-order valence-electron chi connectivity index (χ0n) is 6.91. The van der Waals surface area contributed by atoms with Crippen molar-refractivity contribution in [2.45, 2.75) is 31.0 Å². The Morgan fingerprint density at radius 1 is 1.38 bits per heavy atom. The number of nitrogens with zero attached hydrogens (tertiary/aromatic N) is 1. The van der Waals surface area contributed by atoms with Gasteiger partial charge in [0, 0.05) is 0 Å². The largest absolute Gasteiger partial charge is 0.328 e. The molecule has 13 heavy (non-hydrogen) atoms. The van der Waals surface area contributed by atoms with Crippen molar-refractivity contribution in [1.29, 1.82) is 0 Å². The second-order valence-corrected chi connectivity index (χ2v) is 5.10. The van der Waals surface area contributed by atoms with Crippen LogP contribution in [0.15, 0.2) is 0 Å². The molecule has 1 amide bonds. The predicted octanol–water partition coefficient (Wildman–Crippen LogP) is -0.0672. The predicted molar refractivity (Wildman–Crippen MR) is 43.2 cm³/mol. The van der Waals surface area contributed by atoms with E-state index < -0.39 is 19.3 Å². The number of amides is 1. The Hall–Kier alpha value is -0.420. The van der Waals surface area contributed by atoms with Crippen LogP contribution in [-0.4, -0.2) is 38.2 Å². The summed E-state index contributed by atoms with van der Waals surface area (Å²) in [6.07, 6.45) is 1.21. The Balaban J connectivity index is 2.54. The first-order chi connectivity index (χ1) is 5.95. The topological polar surface area (TPSA) is 98.1 Å². The summed E-state index contributed by atoms with van der Waals surface area (Å²) in [6.45, 7) is 0. The molecule has 0 aromatic heterocycles. The molecule has 6 nitrogen and oxygen atoms in total. The lowest BCUT2D eigenvalue weighted by molar-refractivity contribution is -0.159. The summed E-state index contributed by atoms with van der Waals surface area (Å²) in [5.41, 5.74) is -0.716. The summed E-state index contributed by atoms with van der Waals surface area (Å²) in [5.74, 6) is 0. The second kappa shape index (κ2) is 3.75. The Kier molecular flexibility index (Phi) is 3.08. The minimum absolute atomic E-state index is 0.166. The molecule has 0 aromatic carbocycles. The molecular formula is C6H12NO5P. The lowest BCUT2D eigenvalue weighted by Crippen LogP contribution is -2.28. The Labute approximate surface area is 75.3 Å². The van der Waals surface area contributed by atoms with Crippen LogP contribution in [-0.2, 0) is 9.36 Å². The number of carbonyl (C=O) groups excluding carboxylic acids is 1. The number of rotatable bonds is 3. The average molecular weight is 209 g/mol. The first-order valence-corrected chi connectivity index (χ1v) is 5.61. The summed E-state index contributed by atoms with van der Waals surface area (Å²) in [5, 5.41) is 9.44. The van der Waals surface area contributed by atoms with Crippen molar-refractivity contribution in [3.8, 4) is 0 Å². The van der Waals surface area contributed by atoms with Gasteiger partial charge in [-0.1, -0.05) is 0 Å². The molecule has 0 radical (unpaired) electrons. The third kappa shape index (κ3) is 2.51. The maximum absolute atomic E-state index is 10.8. The fraction of sp³-hybridized carbons (Fsp3) is 0.833. The highest BCUT2D eigenvalue weighted by Gasteiger charge is 2.38. The van der Waals surface area contributed by atoms with Crippen molar-refractivity contribution >= 4 is 14.0 Å². The quantitative estimate of drug-likeness (QED) is 0.261. The van der Waals surface area contributed by atoms with Crippen LogP contribution in [0, 0.1) is 0 Å². The van der Waals surface area contributed by atoms with Crippen molar-refractivity contribution in [2.75, 3.05) is 0 Å². The van der Waals surface area contributed by atoms with Crippen molar-refractivity contribution in [1.82, 2.24) is 5.06 Å². The molecule has 0 heterocycles. The van der Waals surface area contributed by atoms with Gasteiger partial charge in [0.05, 0.1) is 11.7 Å². The van der Waals surface area contributed by atoms with Crippen LogP contribution < -0.4 is 0 Å². The van der Waals surface area contributed by atoms with Crippen LogP contribution in [0.3, 0.4) is 0 Å². The van der Waals surface area contributed by atoms with E-state index in [1.54, 1.807) is 0 Å². The van der Waals surface area contributed by atoms with Crippen LogP contribution in [0.25, 0.3) is 0 Å². The van der Waals surface area contributed by atoms with Crippen LogP contribution in [0.1, 0.15) is 19.3 Å². The lowest BCUT2D eigenvalue weighted by Gasteiger charge is -2.17. The number of carbonyl (C=O) groups is 1. The molecule has 1 rings (SSSR count). The third-order valence-corrected chi connectivity index (χ3v) is 3.76. The maximum Gasteiger partial charge on any atom is 0.328 e. The van der Waals surface area contributed by atoms with Crippen LogP contribution >= 0.6 is 7.60 Å². The van der Waals surface area contributed by atoms with Gasteiger partial charge in [-0.25, -0.2) is 5.06 Å². The highest BCUT2D eigenvalue weighted by molar-refractivity contribution is 7.52. The molecule has 76 valence electrons. The molecule has 3 N–H and O–H groups in total. The zero-order chi connectivity index (χ0) is 10.1. The average Bonchev–Trinajstić information content (AvgIpc) is 2.50. The number of hydrogen-bond acceptors (Lipinski definition) is 3. The molecule has 0 unspecified atom stereocenters. The Bertz CT molecular complexity index is 239. The van der Waals surface area contributed by atoms with E-state index in [1.165, 1.54) is 0 Å². The van der Waals surface area contributed by atoms with E-state index in [2.05, 4.69) is 0 Å². The van der Waals surface area contributed by atoms with Crippen LogP contribution in [0.2, 0.25) is 0 Å². The minimum Gasteiger partial charge on any atom is -0.324 e. The number of hydroxylamine groups is 2. The van der Waals surface area contributed by atoms with E-state index in [1.807, 2.05) is 0 Å². The van der Waals surface area contributed by atoms with Gasteiger partial charge in [0.25, 0.3) is 0 Å². The minimum atomic E-state index is -4.05. The molecule has 0 aliphatic heterocycles. The van der Waals surface area contributed by atoms with Crippen LogP contribution in [0.5, 0.6) is 0 Å². The van der Waals surface area contributed by atoms with Gasteiger partial charge in [0.15, 0.2) is 0 Å². The zero-order valence-corrected chi connectivity index (χ0v) is 7.80. The van der Waals surface area contributed by atoms with Gasteiger partial charge in [0.2, 0.25) is 6.41 Å². The molecular weight excluding hydrogens is 197 g/mol. The normalized spacial score (nSPS) is 28.8. The van der Waals surface area contributed by atoms with Gasteiger partial charge in [-0.3, -0.25) is 14.6 Å². The third-order valence-electron chi connectivity index (χ3n) is 2.34. The van der Waals surface area contributed by atoms with E-state index in [4.69, 9.17) is 15.0 Å². The summed E-state index contributed by atoms with van der Waals surface area (Å²) >= 11 is 0. The standard InChI is InChI=1S/C6H12NO5P/c8-4-7(9)5-1-2-6(3-5)13(10,11)12/h4-6,9H,1-3H2,(H2,10,11,12)/t5-,6+/m1/s1. The molecule has 1 aliphatic rings. The van der Waals surface area contributed by atoms with Gasteiger partial charge >= 0.3 is 7.60 Å². The highest BCUT2D eigenvalue weighted by Crippen LogP contribution is 2.49. The molecule has 7 heteroatoms. The van der Waals surface area contributed by atoms with Gasteiger partial charge in [-0.15, -0.1) is 0 Å². The fourth-order valence-electron chi connectivity index (χ4n) is 1.57. The lowest BCUT2D eigenvalue weighted by atomic mass is 10.2. The maximum atomic E-state index is 10.8. The Morgan fingerprint density at radius 3 is 2.38 bits per heavy atom. The van der Waals surface area contributed by atoms with E-state index >= 15 is 0 Å².